The number of carboxylic acids is 2. The second kappa shape index (κ2) is 8.56. The zero-order valence-corrected chi connectivity index (χ0v) is 5.39. The van der Waals surface area contributed by atoms with Crippen molar-refractivity contribution in [2.45, 2.75) is 0 Å². The molecule has 0 radical (unpaired) electrons. The molecule has 0 aliphatic carbocycles. The molecule has 0 aromatic carbocycles. The van der Waals surface area contributed by atoms with E-state index < -0.39 is 11.9 Å². The van der Waals surface area contributed by atoms with Crippen molar-refractivity contribution in [2.75, 3.05) is 0 Å². The van der Waals surface area contributed by atoms with E-state index in [9.17, 15) is 9.59 Å². The molecule has 0 rings (SSSR count). The zero-order valence-electron chi connectivity index (χ0n) is 5.39. The van der Waals surface area contributed by atoms with Crippen LogP contribution in [-0.2, 0) is 9.59 Å². The maximum absolute atomic E-state index is 9.55. The maximum atomic E-state index is 9.55. The topological polar surface area (TPSA) is 133 Å². The molecule has 0 aliphatic heterocycles. The Morgan fingerprint density at radius 3 is 1.45 bits per heavy atom. The Kier molecular flexibility index (Phi) is 9.54. The van der Waals surface area contributed by atoms with E-state index in [1.54, 1.807) is 0 Å². The van der Waals surface area contributed by atoms with Gasteiger partial charge in [-0.05, 0) is 0 Å². The van der Waals surface area contributed by atoms with Crippen molar-refractivity contribution in [3.05, 3.63) is 12.2 Å². The molecule has 0 fully saturated rings. The van der Waals surface area contributed by atoms with Crippen LogP contribution in [0, 0.1) is 0 Å². The Labute approximate surface area is 61.7 Å². The minimum atomic E-state index is -1.26. The van der Waals surface area contributed by atoms with Crippen LogP contribution in [-0.4, -0.2) is 27.4 Å². The van der Waals surface area contributed by atoms with E-state index >= 15 is 0 Å². The monoisotopic (exact) mass is 164 g/mol. The van der Waals surface area contributed by atoms with Crippen LogP contribution in [0.4, 0.5) is 0 Å². The van der Waals surface area contributed by atoms with Crippen molar-refractivity contribution in [1.82, 2.24) is 5.59 Å². The van der Waals surface area contributed by atoms with Gasteiger partial charge in [0.2, 0.25) is 0 Å². The van der Waals surface area contributed by atoms with Gasteiger partial charge in [0, 0.05) is 12.2 Å². The molecule has 11 heavy (non-hydrogen) atoms. The van der Waals surface area contributed by atoms with Crippen LogP contribution in [0.1, 0.15) is 0 Å². The molecule has 0 aromatic heterocycles. The Morgan fingerprint density at radius 1 is 1.18 bits per heavy atom. The highest BCUT2D eigenvalue weighted by Gasteiger charge is 1.88. The fourth-order valence-electron chi connectivity index (χ4n) is 0.143. The number of carbonyl (C=O) groups is 2. The third-order valence-corrected chi connectivity index (χ3v) is 0.368. The van der Waals surface area contributed by atoms with Gasteiger partial charge < -0.3 is 15.4 Å². The largest absolute Gasteiger partial charge is 0.478 e. The minimum Gasteiger partial charge on any atom is -0.478 e. The van der Waals surface area contributed by atoms with Gasteiger partial charge in [-0.15, -0.1) is 5.59 Å². The van der Waals surface area contributed by atoms with E-state index in [-0.39, 0.29) is 0 Å². The fourth-order valence-corrected chi connectivity index (χ4v) is 0.143. The predicted molar refractivity (Wildman–Crippen MR) is 33.5 cm³/mol. The lowest BCUT2D eigenvalue weighted by Crippen LogP contribution is -2.14. The van der Waals surface area contributed by atoms with Crippen molar-refractivity contribution in [2.24, 2.45) is 5.84 Å². The maximum Gasteiger partial charge on any atom is 0.328 e. The number of hydrogen-bond donors (Lipinski definition) is 5. The molecule has 6 N–H and O–H groups in total. The average Bonchev–Trinajstić information content (AvgIpc) is 1.85. The van der Waals surface area contributed by atoms with Crippen LogP contribution in [0.3, 0.4) is 0 Å². The molecule has 64 valence electrons. The molecule has 0 heterocycles. The molecule has 0 atom stereocenters. The van der Waals surface area contributed by atoms with Crippen LogP contribution < -0.4 is 11.4 Å². The summed E-state index contributed by atoms with van der Waals surface area (Å²) in [4.78, 5) is 19.1. The summed E-state index contributed by atoms with van der Waals surface area (Å²) in [5.41, 5.74) is 1.25. The Morgan fingerprint density at radius 2 is 1.36 bits per heavy atom. The normalized spacial score (nSPS) is 8.55. The SMILES string of the molecule is NNO.O=C(O)/C=C\C(=O)O. The van der Waals surface area contributed by atoms with Crippen molar-refractivity contribution in [1.29, 1.82) is 0 Å². The van der Waals surface area contributed by atoms with E-state index in [1.807, 2.05) is 0 Å². The summed E-state index contributed by atoms with van der Waals surface area (Å²) < 4.78 is 0. The fraction of sp³-hybridized carbons (Fsp3) is 0. The predicted octanol–water partition coefficient (Wildman–Crippen LogP) is -1.45. The van der Waals surface area contributed by atoms with Gasteiger partial charge in [0.25, 0.3) is 0 Å². The summed E-state index contributed by atoms with van der Waals surface area (Å²) in [6.07, 6.45) is 1.12. The van der Waals surface area contributed by atoms with Crippen molar-refractivity contribution >= 4 is 11.9 Å². The molecule has 7 heteroatoms. The molecule has 0 unspecified atom stereocenters. The van der Waals surface area contributed by atoms with Crippen molar-refractivity contribution in [3.8, 4) is 0 Å². The second-order valence-corrected chi connectivity index (χ2v) is 1.14. The number of carboxylic acid groups (broad SMARTS) is 2. The van der Waals surface area contributed by atoms with E-state index in [2.05, 4.69) is 5.84 Å². The van der Waals surface area contributed by atoms with Gasteiger partial charge in [0.15, 0.2) is 0 Å². The third-order valence-electron chi connectivity index (χ3n) is 0.368. The smallest absolute Gasteiger partial charge is 0.328 e. The first-order valence-electron chi connectivity index (χ1n) is 2.28. The lowest BCUT2D eigenvalue weighted by atomic mass is 10.5. The van der Waals surface area contributed by atoms with Gasteiger partial charge in [0.05, 0.1) is 0 Å². The number of hydrazine groups is 1. The molecular weight excluding hydrogens is 156 g/mol. The van der Waals surface area contributed by atoms with Gasteiger partial charge >= 0.3 is 11.9 Å². The molecule has 0 saturated carbocycles. The molecule has 0 aromatic rings. The summed E-state index contributed by atoms with van der Waals surface area (Å²) in [5, 5.41) is 22.7. The Balaban J connectivity index is 0. The van der Waals surface area contributed by atoms with Crippen LogP contribution in [0.5, 0.6) is 0 Å². The van der Waals surface area contributed by atoms with Gasteiger partial charge in [-0.25, -0.2) is 15.4 Å². The summed E-state index contributed by atoms with van der Waals surface area (Å²) >= 11 is 0. The molecule has 0 saturated heterocycles. The highest BCUT2D eigenvalue weighted by molar-refractivity contribution is 5.89. The van der Waals surface area contributed by atoms with Crippen molar-refractivity contribution in [3.63, 3.8) is 0 Å². The summed E-state index contributed by atoms with van der Waals surface area (Å²) in [6.45, 7) is 0. The van der Waals surface area contributed by atoms with Gasteiger partial charge in [-0.2, -0.15) is 0 Å². The van der Waals surface area contributed by atoms with Crippen LogP contribution in [0.15, 0.2) is 12.2 Å². The number of rotatable bonds is 2. The first kappa shape index (κ1) is 12.3. The van der Waals surface area contributed by atoms with Gasteiger partial charge in [-0.1, -0.05) is 0 Å². The molecule has 0 amide bonds. The molecule has 7 nitrogen and oxygen atoms in total. The minimum absolute atomic E-state index is 0.558. The van der Waals surface area contributed by atoms with E-state index in [0.717, 1.165) is 0 Å². The lowest BCUT2D eigenvalue weighted by Gasteiger charge is -1.74. The standard InChI is InChI=1S/C4H4O4.H4N2O/c5-3(6)1-2-4(7)8;1-2-3/h1-2H,(H,5,6)(H,7,8);2-3H,1H2/b2-1-;. The zero-order chi connectivity index (χ0) is 9.28. The second-order valence-electron chi connectivity index (χ2n) is 1.14. The van der Waals surface area contributed by atoms with Crippen LogP contribution >= 0.6 is 0 Å². The highest BCUT2D eigenvalue weighted by Crippen LogP contribution is 1.70. The van der Waals surface area contributed by atoms with E-state index in [0.29, 0.717) is 12.2 Å². The van der Waals surface area contributed by atoms with Crippen molar-refractivity contribution < 1.29 is 25.0 Å². The number of nitrogens with one attached hydrogen (secondary N) is 1. The molecule has 0 spiro atoms. The highest BCUT2D eigenvalue weighted by atomic mass is 16.5. The molecule has 0 bridgehead atoms. The summed E-state index contributed by atoms with van der Waals surface area (Å²) in [5.74, 6) is 1.64. The lowest BCUT2D eigenvalue weighted by molar-refractivity contribution is -0.134. The Bertz CT molecular complexity index is 139. The van der Waals surface area contributed by atoms with E-state index in [1.165, 1.54) is 5.59 Å². The van der Waals surface area contributed by atoms with Gasteiger partial charge in [0.1, 0.15) is 0 Å². The quantitative estimate of drug-likeness (QED) is 0.191. The summed E-state index contributed by atoms with van der Waals surface area (Å²) in [6, 6.07) is 0. The number of nitrogens with two attached hydrogens (primary N) is 1. The van der Waals surface area contributed by atoms with Gasteiger partial charge in [-0.3, -0.25) is 0 Å². The molecule has 0 aliphatic rings. The summed E-state index contributed by atoms with van der Waals surface area (Å²) in [7, 11) is 0. The first-order chi connectivity index (χ1) is 5.04. The third kappa shape index (κ3) is 29.1. The van der Waals surface area contributed by atoms with E-state index in [4.69, 9.17) is 15.4 Å². The van der Waals surface area contributed by atoms with Crippen LogP contribution in [0.25, 0.3) is 0 Å². The average molecular weight is 164 g/mol. The Hall–Kier alpha value is -1.44. The first-order valence-corrected chi connectivity index (χ1v) is 2.28. The van der Waals surface area contributed by atoms with Crippen LogP contribution in [0.2, 0.25) is 0 Å². The molecular formula is C4H8N2O5. The number of aliphatic carboxylic acids is 2. The number of hydrogen-bond acceptors (Lipinski definition) is 5.